The maximum Gasteiger partial charge on any atom is 0.243 e. The van der Waals surface area contributed by atoms with Crippen LogP contribution in [0.15, 0.2) is 83.8 Å². The molecule has 1 aliphatic heterocycles. The van der Waals surface area contributed by atoms with Crippen molar-refractivity contribution in [2.24, 2.45) is 0 Å². The Labute approximate surface area is 254 Å². The number of rotatable bonds is 15. The lowest BCUT2D eigenvalue weighted by Gasteiger charge is -2.31. The van der Waals surface area contributed by atoms with Gasteiger partial charge in [0.2, 0.25) is 21.8 Å². The Bertz CT molecular complexity index is 1420. The van der Waals surface area contributed by atoms with Crippen molar-refractivity contribution in [2.75, 3.05) is 40.5 Å². The first-order valence-corrected chi connectivity index (χ1v) is 16.1. The molecular weight excluding hydrogens is 566 g/mol. The fourth-order valence-electron chi connectivity index (χ4n) is 5.18. The zero-order valence-corrected chi connectivity index (χ0v) is 25.7. The molecule has 43 heavy (non-hydrogen) atoms. The average molecular weight is 608 g/mol. The van der Waals surface area contributed by atoms with E-state index in [4.69, 9.17) is 9.47 Å². The number of hydrogen-bond acceptors (Lipinski definition) is 6. The molecule has 1 aliphatic rings. The van der Waals surface area contributed by atoms with Crippen LogP contribution in [0, 0.1) is 0 Å². The molecular formula is C33H41N3O6S. The van der Waals surface area contributed by atoms with E-state index < -0.39 is 16.1 Å². The molecule has 1 N–H and O–H groups in total. The smallest absolute Gasteiger partial charge is 0.243 e. The molecule has 3 aromatic carbocycles. The van der Waals surface area contributed by atoms with Crippen LogP contribution in [0.1, 0.15) is 36.0 Å². The highest BCUT2D eigenvalue weighted by molar-refractivity contribution is 7.89. The van der Waals surface area contributed by atoms with Crippen LogP contribution in [0.2, 0.25) is 0 Å². The average Bonchev–Trinajstić information content (AvgIpc) is 3.59. The molecule has 1 heterocycles. The van der Waals surface area contributed by atoms with Gasteiger partial charge in [-0.05, 0) is 60.2 Å². The molecule has 1 atom stereocenters. The fraction of sp³-hybridized carbons (Fsp3) is 0.394. The van der Waals surface area contributed by atoms with Crippen LogP contribution in [0.3, 0.4) is 0 Å². The van der Waals surface area contributed by atoms with E-state index in [1.165, 1.54) is 4.31 Å². The summed E-state index contributed by atoms with van der Waals surface area (Å²) in [5, 5.41) is 2.92. The fourth-order valence-corrected chi connectivity index (χ4v) is 6.69. The van der Waals surface area contributed by atoms with Crippen molar-refractivity contribution in [3.63, 3.8) is 0 Å². The lowest BCUT2D eigenvalue weighted by Crippen LogP contribution is -2.51. The number of sulfonamides is 1. The van der Waals surface area contributed by atoms with Crippen molar-refractivity contribution in [3.8, 4) is 5.75 Å². The van der Waals surface area contributed by atoms with Crippen LogP contribution in [-0.2, 0) is 43.7 Å². The zero-order valence-electron chi connectivity index (χ0n) is 24.9. The highest BCUT2D eigenvalue weighted by Crippen LogP contribution is 2.22. The summed E-state index contributed by atoms with van der Waals surface area (Å²) in [6.07, 6.45) is 2.67. The summed E-state index contributed by atoms with van der Waals surface area (Å²) in [4.78, 5) is 29.3. The number of methoxy groups -OCH3 is 2. The summed E-state index contributed by atoms with van der Waals surface area (Å²) < 4.78 is 37.7. The van der Waals surface area contributed by atoms with Gasteiger partial charge in [0.25, 0.3) is 0 Å². The molecule has 3 aromatic rings. The third-order valence-corrected chi connectivity index (χ3v) is 9.56. The molecule has 2 amide bonds. The third-order valence-electron chi connectivity index (χ3n) is 7.64. The van der Waals surface area contributed by atoms with E-state index in [1.807, 2.05) is 54.6 Å². The van der Waals surface area contributed by atoms with E-state index in [2.05, 4.69) is 5.32 Å². The molecule has 4 rings (SSSR count). The first-order valence-electron chi connectivity index (χ1n) is 14.6. The second kappa shape index (κ2) is 15.7. The number of carbonyl (C=O) groups excluding carboxylic acids is 2. The first-order chi connectivity index (χ1) is 20.8. The van der Waals surface area contributed by atoms with Gasteiger partial charge in [0, 0.05) is 46.1 Å². The largest absolute Gasteiger partial charge is 0.497 e. The molecule has 9 nitrogen and oxygen atoms in total. The summed E-state index contributed by atoms with van der Waals surface area (Å²) in [6.45, 7) is 2.03. The molecule has 0 saturated carbocycles. The summed E-state index contributed by atoms with van der Waals surface area (Å²) in [6, 6.07) is 23.1. The zero-order chi connectivity index (χ0) is 30.7. The molecule has 1 saturated heterocycles. The van der Waals surface area contributed by atoms with E-state index in [0.717, 1.165) is 29.5 Å². The van der Waals surface area contributed by atoms with Crippen molar-refractivity contribution in [2.45, 2.75) is 49.6 Å². The molecule has 10 heteroatoms. The quantitative estimate of drug-likeness (QED) is 0.264. The van der Waals surface area contributed by atoms with Gasteiger partial charge in [0.05, 0.1) is 18.6 Å². The maximum absolute atomic E-state index is 13.9. The van der Waals surface area contributed by atoms with Crippen LogP contribution >= 0.6 is 0 Å². The van der Waals surface area contributed by atoms with Crippen LogP contribution in [0.25, 0.3) is 0 Å². The Hall–Kier alpha value is -3.73. The minimum absolute atomic E-state index is 0.158. The van der Waals surface area contributed by atoms with Gasteiger partial charge in [-0.2, -0.15) is 4.31 Å². The molecule has 0 bridgehead atoms. The van der Waals surface area contributed by atoms with Crippen molar-refractivity contribution in [1.29, 1.82) is 0 Å². The van der Waals surface area contributed by atoms with E-state index in [-0.39, 0.29) is 29.7 Å². The predicted molar refractivity (Wildman–Crippen MR) is 165 cm³/mol. The second-order valence-corrected chi connectivity index (χ2v) is 12.6. The standard InChI is InChI=1S/C33H41N3O6S/c1-41-23-20-34-33(38)31(24-27-8-4-3-5-9-27)36(25-28-10-15-29(42-2)16-11-28)32(37)19-14-26-12-17-30(18-13-26)43(39,40)35-21-6-7-22-35/h3-5,8-13,15-18,31H,6-7,14,19-25H2,1-2H3,(H,34,38)/t31-/m0/s1. The van der Waals surface area contributed by atoms with Crippen LogP contribution < -0.4 is 10.1 Å². The molecule has 0 radical (unpaired) electrons. The normalized spacial score (nSPS) is 14.3. The summed E-state index contributed by atoms with van der Waals surface area (Å²) in [5.41, 5.74) is 2.66. The molecule has 1 fully saturated rings. The van der Waals surface area contributed by atoms with Crippen molar-refractivity contribution >= 4 is 21.8 Å². The number of benzene rings is 3. The highest BCUT2D eigenvalue weighted by Gasteiger charge is 2.30. The maximum atomic E-state index is 13.9. The Morgan fingerprint density at radius 1 is 0.884 bits per heavy atom. The van der Waals surface area contributed by atoms with Crippen molar-refractivity contribution < 1.29 is 27.5 Å². The lowest BCUT2D eigenvalue weighted by atomic mass is 10.0. The number of hydrogen-bond donors (Lipinski definition) is 1. The van der Waals surface area contributed by atoms with Gasteiger partial charge in [-0.25, -0.2) is 8.42 Å². The minimum Gasteiger partial charge on any atom is -0.497 e. The monoisotopic (exact) mass is 607 g/mol. The molecule has 0 unspecified atom stereocenters. The molecule has 0 spiro atoms. The van der Waals surface area contributed by atoms with Crippen molar-refractivity contribution in [3.05, 3.63) is 95.6 Å². The van der Waals surface area contributed by atoms with Crippen LogP contribution in [0.5, 0.6) is 5.75 Å². The number of nitrogens with one attached hydrogen (secondary N) is 1. The van der Waals surface area contributed by atoms with Gasteiger partial charge >= 0.3 is 0 Å². The third kappa shape index (κ3) is 8.89. The number of ether oxygens (including phenoxy) is 2. The topological polar surface area (TPSA) is 105 Å². The van der Waals surface area contributed by atoms with Crippen LogP contribution in [0.4, 0.5) is 0 Å². The van der Waals surface area contributed by atoms with Crippen LogP contribution in [-0.4, -0.2) is 75.9 Å². The number of nitrogens with zero attached hydrogens (tertiary/aromatic N) is 2. The summed E-state index contributed by atoms with van der Waals surface area (Å²) >= 11 is 0. The Morgan fingerprint density at radius 2 is 1.53 bits per heavy atom. The van der Waals surface area contributed by atoms with Crippen molar-refractivity contribution in [1.82, 2.24) is 14.5 Å². The van der Waals surface area contributed by atoms with E-state index in [1.54, 1.807) is 43.4 Å². The van der Waals surface area contributed by atoms with Gasteiger partial charge in [0.1, 0.15) is 11.8 Å². The lowest BCUT2D eigenvalue weighted by molar-refractivity contribution is -0.141. The Morgan fingerprint density at radius 3 is 2.16 bits per heavy atom. The number of carbonyl (C=O) groups is 2. The number of aryl methyl sites for hydroxylation is 1. The second-order valence-electron chi connectivity index (χ2n) is 10.6. The molecule has 0 aromatic heterocycles. The minimum atomic E-state index is -3.50. The summed E-state index contributed by atoms with van der Waals surface area (Å²) in [5.74, 6) is 0.279. The summed E-state index contributed by atoms with van der Waals surface area (Å²) in [7, 11) is -0.337. The number of amides is 2. The first kappa shape index (κ1) is 32.2. The molecule has 230 valence electrons. The Kier molecular flexibility index (Phi) is 11.7. The van der Waals surface area contributed by atoms with E-state index in [0.29, 0.717) is 44.8 Å². The van der Waals surface area contributed by atoms with Gasteiger partial charge in [-0.1, -0.05) is 54.6 Å². The van der Waals surface area contributed by atoms with Gasteiger partial charge in [0.15, 0.2) is 0 Å². The highest BCUT2D eigenvalue weighted by atomic mass is 32.2. The Balaban J connectivity index is 1.54. The van der Waals surface area contributed by atoms with E-state index >= 15 is 0 Å². The molecule has 0 aliphatic carbocycles. The van der Waals surface area contributed by atoms with E-state index in [9.17, 15) is 18.0 Å². The van der Waals surface area contributed by atoms with Gasteiger partial charge in [-0.3, -0.25) is 9.59 Å². The van der Waals surface area contributed by atoms with Gasteiger partial charge in [-0.15, -0.1) is 0 Å². The van der Waals surface area contributed by atoms with Gasteiger partial charge < -0.3 is 19.7 Å². The predicted octanol–water partition coefficient (Wildman–Crippen LogP) is 3.82. The SMILES string of the molecule is COCCNC(=O)[C@H](Cc1ccccc1)N(Cc1ccc(OC)cc1)C(=O)CCc1ccc(S(=O)(=O)N2CCCC2)cc1.